The quantitative estimate of drug-likeness (QED) is 0.594. The van der Waals surface area contributed by atoms with Gasteiger partial charge in [-0.05, 0) is 46.3 Å². The van der Waals surface area contributed by atoms with Gasteiger partial charge >= 0.3 is 5.97 Å². The van der Waals surface area contributed by atoms with Crippen LogP contribution < -0.4 is 0 Å². The molecule has 1 aromatic rings. The fraction of sp³-hybridized carbons (Fsp3) is 0.400. The average molecular weight is 312 g/mol. The molecule has 0 N–H and O–H groups in total. The number of rotatable bonds is 2. The summed E-state index contributed by atoms with van der Waals surface area (Å²) in [5.41, 5.74) is 1.85. The Kier molecular flexibility index (Phi) is 4.88. The van der Waals surface area contributed by atoms with Gasteiger partial charge in [-0.15, -0.1) is 0 Å². The van der Waals surface area contributed by atoms with Crippen molar-refractivity contribution in [1.82, 2.24) is 0 Å². The topological polar surface area (TPSA) is 43.4 Å². The molecule has 0 aromatic heterocycles. The van der Waals surface area contributed by atoms with Gasteiger partial charge in [0, 0.05) is 12.3 Å². The van der Waals surface area contributed by atoms with Crippen molar-refractivity contribution in [1.29, 1.82) is 0 Å². The van der Waals surface area contributed by atoms with Crippen molar-refractivity contribution in [3.63, 3.8) is 0 Å². The standard InChI is InChI=1S/C20H24O3/c1-13(2)18-16(21)11-15(14-9-7-6-8-10-14)12-17(18)23-19(22)20(3,4)5/h6-10,12,15H,11H2,1-5H3. The molecule has 0 fully saturated rings. The molecule has 1 atom stereocenters. The number of hydrogen-bond donors (Lipinski definition) is 0. The maximum atomic E-state index is 12.6. The number of carbonyl (C=O) groups is 2. The highest BCUT2D eigenvalue weighted by atomic mass is 16.5. The normalized spacial score (nSPS) is 18.5. The lowest BCUT2D eigenvalue weighted by molar-refractivity contribution is -0.148. The lowest BCUT2D eigenvalue weighted by Crippen LogP contribution is -2.26. The predicted octanol–water partition coefficient (Wildman–Crippen LogP) is 4.55. The molecule has 0 aliphatic heterocycles. The van der Waals surface area contributed by atoms with Gasteiger partial charge in [0.05, 0.1) is 11.0 Å². The van der Waals surface area contributed by atoms with Crippen LogP contribution >= 0.6 is 0 Å². The van der Waals surface area contributed by atoms with Crippen molar-refractivity contribution in [3.05, 3.63) is 58.9 Å². The first-order valence-electron chi connectivity index (χ1n) is 7.90. The summed E-state index contributed by atoms with van der Waals surface area (Å²) in [6.07, 6.45) is 2.31. The summed E-state index contributed by atoms with van der Waals surface area (Å²) in [5, 5.41) is 0. The highest BCUT2D eigenvalue weighted by molar-refractivity contribution is 6.02. The smallest absolute Gasteiger partial charge is 0.316 e. The number of carbonyl (C=O) groups excluding carboxylic acids is 2. The number of ketones is 1. The molecule has 23 heavy (non-hydrogen) atoms. The Bertz CT molecular complexity index is 669. The van der Waals surface area contributed by atoms with E-state index in [1.807, 2.05) is 50.3 Å². The van der Waals surface area contributed by atoms with Crippen LogP contribution in [0.3, 0.4) is 0 Å². The van der Waals surface area contributed by atoms with Crippen LogP contribution in [0, 0.1) is 5.41 Å². The second-order valence-electron chi connectivity index (χ2n) is 7.19. The Morgan fingerprint density at radius 2 is 1.74 bits per heavy atom. The van der Waals surface area contributed by atoms with E-state index < -0.39 is 5.41 Å². The first-order valence-corrected chi connectivity index (χ1v) is 7.90. The Balaban J connectivity index is 2.43. The van der Waals surface area contributed by atoms with Crippen LogP contribution in [0.2, 0.25) is 0 Å². The molecule has 1 unspecified atom stereocenters. The minimum atomic E-state index is -0.615. The molecule has 122 valence electrons. The van der Waals surface area contributed by atoms with Crippen molar-refractivity contribution >= 4 is 11.8 Å². The maximum Gasteiger partial charge on any atom is 0.316 e. The molecule has 1 aromatic carbocycles. The van der Waals surface area contributed by atoms with Gasteiger partial charge in [-0.2, -0.15) is 0 Å². The third kappa shape index (κ3) is 3.98. The lowest BCUT2D eigenvalue weighted by Gasteiger charge is -2.26. The molecule has 3 nitrogen and oxygen atoms in total. The van der Waals surface area contributed by atoms with E-state index in [1.165, 1.54) is 0 Å². The first kappa shape index (κ1) is 17.2. The van der Waals surface area contributed by atoms with Crippen molar-refractivity contribution in [3.8, 4) is 0 Å². The van der Waals surface area contributed by atoms with Crippen molar-refractivity contribution in [2.45, 2.75) is 47.0 Å². The fourth-order valence-electron chi connectivity index (χ4n) is 2.54. The van der Waals surface area contributed by atoms with Gasteiger partial charge < -0.3 is 4.74 Å². The van der Waals surface area contributed by atoms with E-state index in [-0.39, 0.29) is 17.7 Å². The van der Waals surface area contributed by atoms with Crippen molar-refractivity contribution < 1.29 is 14.3 Å². The van der Waals surface area contributed by atoms with Gasteiger partial charge in [-0.25, -0.2) is 0 Å². The summed E-state index contributed by atoms with van der Waals surface area (Å²) in [6.45, 7) is 9.15. The number of ether oxygens (including phenoxy) is 1. The van der Waals surface area contributed by atoms with Gasteiger partial charge in [-0.1, -0.05) is 35.9 Å². The molecule has 1 aliphatic carbocycles. The molecule has 0 radical (unpaired) electrons. The van der Waals surface area contributed by atoms with Crippen LogP contribution in [0.25, 0.3) is 0 Å². The molecular formula is C20H24O3. The summed E-state index contributed by atoms with van der Waals surface area (Å²) in [6, 6.07) is 9.83. The third-order valence-electron chi connectivity index (χ3n) is 3.83. The van der Waals surface area contributed by atoms with Gasteiger partial charge in [0.1, 0.15) is 5.76 Å². The number of hydrogen-bond acceptors (Lipinski definition) is 3. The molecule has 3 heteroatoms. The Labute approximate surface area is 138 Å². The van der Waals surface area contributed by atoms with Gasteiger partial charge in [0.15, 0.2) is 5.78 Å². The van der Waals surface area contributed by atoms with E-state index in [0.717, 1.165) is 11.1 Å². The predicted molar refractivity (Wildman–Crippen MR) is 90.8 cm³/mol. The Hall–Kier alpha value is -2.16. The highest BCUT2D eigenvalue weighted by Crippen LogP contribution is 2.35. The average Bonchev–Trinajstić information content (AvgIpc) is 2.46. The summed E-state index contributed by atoms with van der Waals surface area (Å²) in [4.78, 5) is 24.8. The van der Waals surface area contributed by atoms with E-state index in [2.05, 4.69) is 0 Å². The molecule has 0 amide bonds. The van der Waals surface area contributed by atoms with Crippen molar-refractivity contribution in [2.24, 2.45) is 5.41 Å². The summed E-state index contributed by atoms with van der Waals surface area (Å²) in [7, 11) is 0. The van der Waals surface area contributed by atoms with E-state index >= 15 is 0 Å². The lowest BCUT2D eigenvalue weighted by atomic mass is 9.83. The minimum absolute atomic E-state index is 0.0260. The number of benzene rings is 1. The second-order valence-corrected chi connectivity index (χ2v) is 7.19. The second kappa shape index (κ2) is 6.53. The summed E-state index contributed by atoms with van der Waals surface area (Å²) in [5.74, 6) is 0.0340. The number of allylic oxidation sites excluding steroid dienone is 3. The van der Waals surface area contributed by atoms with Crippen molar-refractivity contribution in [2.75, 3.05) is 0 Å². The van der Waals surface area contributed by atoms with Crippen LogP contribution in [0.5, 0.6) is 0 Å². The van der Waals surface area contributed by atoms with Crippen LogP contribution in [0.1, 0.15) is 52.5 Å². The van der Waals surface area contributed by atoms with E-state index in [0.29, 0.717) is 17.8 Å². The molecule has 0 spiro atoms. The SMILES string of the molecule is CC(C)=C1C(=O)CC(c2ccccc2)C=C1OC(=O)C(C)(C)C. The third-order valence-corrected chi connectivity index (χ3v) is 3.83. The van der Waals surface area contributed by atoms with Gasteiger partial charge in [0.25, 0.3) is 0 Å². The summed E-state index contributed by atoms with van der Waals surface area (Å²) >= 11 is 0. The molecular weight excluding hydrogens is 288 g/mol. The minimum Gasteiger partial charge on any atom is -0.426 e. The molecule has 1 aliphatic rings. The monoisotopic (exact) mass is 312 g/mol. The fourth-order valence-corrected chi connectivity index (χ4v) is 2.54. The van der Waals surface area contributed by atoms with Gasteiger partial charge in [0.2, 0.25) is 0 Å². The molecule has 0 bridgehead atoms. The van der Waals surface area contributed by atoms with Crippen LogP contribution in [0.4, 0.5) is 0 Å². The highest BCUT2D eigenvalue weighted by Gasteiger charge is 2.32. The largest absolute Gasteiger partial charge is 0.426 e. The molecule has 0 saturated carbocycles. The first-order chi connectivity index (χ1) is 10.7. The van der Waals surface area contributed by atoms with Crippen LogP contribution in [0.15, 0.2) is 53.3 Å². The molecule has 0 saturated heterocycles. The summed E-state index contributed by atoms with van der Waals surface area (Å²) < 4.78 is 5.60. The van der Waals surface area contributed by atoms with E-state index in [9.17, 15) is 9.59 Å². The van der Waals surface area contributed by atoms with E-state index in [4.69, 9.17) is 4.74 Å². The zero-order chi connectivity index (χ0) is 17.2. The van der Waals surface area contributed by atoms with E-state index in [1.54, 1.807) is 20.8 Å². The molecule has 2 rings (SSSR count). The van der Waals surface area contributed by atoms with Crippen LogP contribution in [-0.2, 0) is 14.3 Å². The molecule has 0 heterocycles. The Morgan fingerprint density at radius 1 is 1.13 bits per heavy atom. The number of Topliss-reactive ketones (excluding diaryl/α,β-unsaturated/α-hetero) is 1. The zero-order valence-corrected chi connectivity index (χ0v) is 14.5. The number of esters is 1. The zero-order valence-electron chi connectivity index (χ0n) is 14.5. The van der Waals surface area contributed by atoms with Gasteiger partial charge in [-0.3, -0.25) is 9.59 Å². The van der Waals surface area contributed by atoms with Crippen LogP contribution in [-0.4, -0.2) is 11.8 Å². The Morgan fingerprint density at radius 3 is 2.26 bits per heavy atom. The maximum absolute atomic E-state index is 12.6.